The summed E-state index contributed by atoms with van der Waals surface area (Å²) < 4.78 is 13.0. The lowest BCUT2D eigenvalue weighted by molar-refractivity contribution is 0.249. The van der Waals surface area contributed by atoms with Crippen molar-refractivity contribution in [3.05, 3.63) is 76.5 Å². The molecule has 0 unspecified atom stereocenters. The molecule has 0 bridgehead atoms. The van der Waals surface area contributed by atoms with Gasteiger partial charge in [0.1, 0.15) is 10.8 Å². The van der Waals surface area contributed by atoms with E-state index in [2.05, 4.69) is 50.3 Å². The van der Waals surface area contributed by atoms with Crippen LogP contribution in [0.15, 0.2) is 54.6 Å². The van der Waals surface area contributed by atoms with Crippen LogP contribution in [0.2, 0.25) is 0 Å². The smallest absolute Gasteiger partial charge is 0.208 e. The van der Waals surface area contributed by atoms with Crippen molar-refractivity contribution in [1.82, 2.24) is 15.1 Å². The van der Waals surface area contributed by atoms with E-state index in [-0.39, 0.29) is 5.82 Å². The fourth-order valence-corrected chi connectivity index (χ4v) is 4.08. The molecule has 3 aromatic rings. The van der Waals surface area contributed by atoms with E-state index in [1.807, 2.05) is 0 Å². The van der Waals surface area contributed by atoms with Crippen LogP contribution in [0.5, 0.6) is 0 Å². The maximum absolute atomic E-state index is 13.0. The maximum atomic E-state index is 13.0. The van der Waals surface area contributed by atoms with Crippen LogP contribution in [0.1, 0.15) is 16.1 Å². The van der Waals surface area contributed by atoms with Crippen molar-refractivity contribution in [2.45, 2.75) is 13.0 Å². The largest absolute Gasteiger partial charge is 0.344 e. The van der Waals surface area contributed by atoms with E-state index >= 15 is 0 Å². The van der Waals surface area contributed by atoms with Crippen molar-refractivity contribution in [3.8, 4) is 0 Å². The highest BCUT2D eigenvalue weighted by Gasteiger charge is 2.20. The number of benzene rings is 2. The molecule has 0 radical (unpaired) electrons. The Balaban J connectivity index is 1.32. The van der Waals surface area contributed by atoms with Crippen molar-refractivity contribution < 1.29 is 4.39 Å². The molecule has 0 saturated carbocycles. The number of anilines is 1. The number of piperazine rings is 1. The van der Waals surface area contributed by atoms with Crippen LogP contribution >= 0.6 is 11.3 Å². The highest BCUT2D eigenvalue weighted by Crippen LogP contribution is 2.24. The summed E-state index contributed by atoms with van der Waals surface area (Å²) in [6.45, 7) is 5.00. The van der Waals surface area contributed by atoms with Gasteiger partial charge in [0.15, 0.2) is 0 Å². The number of hydrogen-bond donors (Lipinski definition) is 0. The Morgan fingerprint density at radius 1 is 0.846 bits per heavy atom. The third-order valence-corrected chi connectivity index (χ3v) is 5.60. The van der Waals surface area contributed by atoms with Gasteiger partial charge in [-0.2, -0.15) is 0 Å². The van der Waals surface area contributed by atoms with Crippen molar-refractivity contribution in [2.24, 2.45) is 0 Å². The lowest BCUT2D eigenvalue weighted by atomic mass is 10.2. The van der Waals surface area contributed by atoms with E-state index in [9.17, 15) is 4.39 Å². The van der Waals surface area contributed by atoms with Gasteiger partial charge >= 0.3 is 0 Å². The molecular formula is C20H21FN4S. The third-order valence-electron chi connectivity index (χ3n) is 4.62. The van der Waals surface area contributed by atoms with E-state index in [4.69, 9.17) is 0 Å². The molecule has 0 amide bonds. The lowest BCUT2D eigenvalue weighted by Gasteiger charge is -2.34. The van der Waals surface area contributed by atoms with Crippen molar-refractivity contribution in [2.75, 3.05) is 31.1 Å². The SMILES string of the molecule is Fc1ccc(Cc2nnc(N3CCN(Cc4ccccc4)CC3)s2)cc1. The van der Waals surface area contributed by atoms with Gasteiger partial charge in [-0.15, -0.1) is 10.2 Å². The molecule has 2 aromatic carbocycles. The molecule has 1 aliphatic rings. The Morgan fingerprint density at radius 2 is 1.58 bits per heavy atom. The van der Waals surface area contributed by atoms with Gasteiger partial charge in [0, 0.05) is 39.1 Å². The average Bonchev–Trinajstić information content (AvgIpc) is 3.14. The first-order chi connectivity index (χ1) is 12.8. The van der Waals surface area contributed by atoms with Crippen LogP contribution in [0.4, 0.5) is 9.52 Å². The molecule has 6 heteroatoms. The van der Waals surface area contributed by atoms with Crippen molar-refractivity contribution >= 4 is 16.5 Å². The van der Waals surface area contributed by atoms with Gasteiger partial charge in [-0.3, -0.25) is 4.90 Å². The molecule has 0 atom stereocenters. The highest BCUT2D eigenvalue weighted by atomic mass is 32.1. The fraction of sp³-hybridized carbons (Fsp3) is 0.300. The summed E-state index contributed by atoms with van der Waals surface area (Å²) in [5, 5.41) is 10.6. The zero-order valence-corrected chi connectivity index (χ0v) is 15.3. The third kappa shape index (κ3) is 4.26. The molecule has 26 heavy (non-hydrogen) atoms. The fourth-order valence-electron chi connectivity index (χ4n) is 3.16. The van der Waals surface area contributed by atoms with Gasteiger partial charge in [-0.1, -0.05) is 53.8 Å². The number of nitrogens with zero attached hydrogens (tertiary/aromatic N) is 4. The topological polar surface area (TPSA) is 32.3 Å². The van der Waals surface area contributed by atoms with E-state index in [0.717, 1.165) is 48.4 Å². The summed E-state index contributed by atoms with van der Waals surface area (Å²) >= 11 is 1.64. The molecule has 0 aliphatic carbocycles. The lowest BCUT2D eigenvalue weighted by Crippen LogP contribution is -2.45. The zero-order valence-electron chi connectivity index (χ0n) is 14.5. The summed E-state index contributed by atoms with van der Waals surface area (Å²) in [5.74, 6) is -0.208. The molecule has 134 valence electrons. The van der Waals surface area contributed by atoms with E-state index in [1.165, 1.54) is 17.7 Å². The number of halogens is 1. The predicted molar refractivity (Wildman–Crippen MR) is 103 cm³/mol. The monoisotopic (exact) mass is 368 g/mol. The number of rotatable bonds is 5. The van der Waals surface area contributed by atoms with E-state index in [0.29, 0.717) is 6.42 Å². The molecule has 2 heterocycles. The first kappa shape index (κ1) is 17.1. The van der Waals surface area contributed by atoms with Gasteiger partial charge in [-0.25, -0.2) is 4.39 Å². The highest BCUT2D eigenvalue weighted by molar-refractivity contribution is 7.15. The Morgan fingerprint density at radius 3 is 2.31 bits per heavy atom. The molecule has 1 aromatic heterocycles. The first-order valence-corrected chi connectivity index (χ1v) is 9.66. The second kappa shape index (κ2) is 7.93. The predicted octanol–water partition coefficient (Wildman–Crippen LogP) is 3.59. The Labute approximate surface area is 156 Å². The molecule has 0 spiro atoms. The Kier molecular flexibility index (Phi) is 5.22. The molecule has 4 rings (SSSR count). The molecule has 0 N–H and O–H groups in total. The maximum Gasteiger partial charge on any atom is 0.208 e. The quantitative estimate of drug-likeness (QED) is 0.689. The van der Waals surface area contributed by atoms with Crippen LogP contribution in [-0.4, -0.2) is 41.3 Å². The second-order valence-electron chi connectivity index (χ2n) is 6.53. The van der Waals surface area contributed by atoms with E-state index < -0.39 is 0 Å². The van der Waals surface area contributed by atoms with Gasteiger partial charge in [0.05, 0.1) is 0 Å². The minimum Gasteiger partial charge on any atom is -0.344 e. The van der Waals surface area contributed by atoms with Crippen LogP contribution in [0.3, 0.4) is 0 Å². The van der Waals surface area contributed by atoms with Crippen LogP contribution in [-0.2, 0) is 13.0 Å². The van der Waals surface area contributed by atoms with Crippen LogP contribution in [0, 0.1) is 5.82 Å². The number of aromatic nitrogens is 2. The average molecular weight is 368 g/mol. The first-order valence-electron chi connectivity index (χ1n) is 8.84. The van der Waals surface area contributed by atoms with Gasteiger partial charge in [-0.05, 0) is 23.3 Å². The van der Waals surface area contributed by atoms with Crippen molar-refractivity contribution in [3.63, 3.8) is 0 Å². The minimum absolute atomic E-state index is 0.208. The summed E-state index contributed by atoms with van der Waals surface area (Å²) in [4.78, 5) is 4.79. The Bertz CT molecular complexity index is 827. The van der Waals surface area contributed by atoms with Gasteiger partial charge in [0.2, 0.25) is 5.13 Å². The van der Waals surface area contributed by atoms with E-state index in [1.54, 1.807) is 23.5 Å². The molecular weight excluding hydrogens is 347 g/mol. The normalized spacial score (nSPS) is 15.3. The molecule has 1 aliphatic heterocycles. The number of hydrogen-bond acceptors (Lipinski definition) is 5. The molecule has 1 fully saturated rings. The zero-order chi connectivity index (χ0) is 17.8. The summed E-state index contributed by atoms with van der Waals surface area (Å²) in [7, 11) is 0. The standard InChI is InChI=1S/C20H21FN4S/c21-18-8-6-16(7-9-18)14-19-22-23-20(26-19)25-12-10-24(11-13-25)15-17-4-2-1-3-5-17/h1-9H,10-15H2. The van der Waals surface area contributed by atoms with Crippen LogP contribution in [0.25, 0.3) is 0 Å². The van der Waals surface area contributed by atoms with Crippen LogP contribution < -0.4 is 4.90 Å². The van der Waals surface area contributed by atoms with Gasteiger partial charge < -0.3 is 4.90 Å². The summed E-state index contributed by atoms with van der Waals surface area (Å²) in [6.07, 6.45) is 0.700. The minimum atomic E-state index is -0.208. The summed E-state index contributed by atoms with van der Waals surface area (Å²) in [6, 6.07) is 17.2. The van der Waals surface area contributed by atoms with Gasteiger partial charge in [0.25, 0.3) is 0 Å². The summed E-state index contributed by atoms with van der Waals surface area (Å²) in [5.41, 5.74) is 2.42. The second-order valence-corrected chi connectivity index (χ2v) is 7.57. The van der Waals surface area contributed by atoms with Crippen molar-refractivity contribution in [1.29, 1.82) is 0 Å². The molecule has 4 nitrogen and oxygen atoms in total. The Hall–Kier alpha value is -2.31. The molecule has 1 saturated heterocycles.